The van der Waals surface area contributed by atoms with Crippen LogP contribution in [0.1, 0.15) is 11.1 Å². The second-order valence-electron chi connectivity index (χ2n) is 7.31. The van der Waals surface area contributed by atoms with Crippen molar-refractivity contribution in [3.63, 3.8) is 0 Å². The molecule has 4 rings (SSSR count). The number of amides is 2. The van der Waals surface area contributed by atoms with Gasteiger partial charge in [0.25, 0.3) is 5.91 Å². The number of anilines is 1. The molecule has 0 spiro atoms. The number of rotatable bonds is 6. The molecule has 7 nitrogen and oxygen atoms in total. The van der Waals surface area contributed by atoms with E-state index in [1.807, 2.05) is 18.2 Å². The summed E-state index contributed by atoms with van der Waals surface area (Å²) in [5.41, 5.74) is 2.76. The Kier molecular flexibility index (Phi) is 6.52. The van der Waals surface area contributed by atoms with Gasteiger partial charge in [-0.15, -0.1) is 0 Å². The lowest BCUT2D eigenvalue weighted by atomic mass is 10.1. The Hall–Kier alpha value is -2.61. The predicted molar refractivity (Wildman–Crippen MR) is 114 cm³/mol. The molecule has 1 fully saturated rings. The predicted octanol–water partition coefficient (Wildman–Crippen LogP) is 2.21. The van der Waals surface area contributed by atoms with E-state index < -0.39 is 0 Å². The summed E-state index contributed by atoms with van der Waals surface area (Å²) in [4.78, 5) is 28.7. The third kappa shape index (κ3) is 4.92. The smallest absolute Gasteiger partial charge is 0.265 e. The van der Waals surface area contributed by atoms with Crippen molar-refractivity contribution >= 4 is 29.1 Å². The summed E-state index contributed by atoms with van der Waals surface area (Å²) in [5.74, 6) is 0.0349. The van der Waals surface area contributed by atoms with Gasteiger partial charge in [-0.3, -0.25) is 19.4 Å². The molecule has 2 aliphatic heterocycles. The van der Waals surface area contributed by atoms with Crippen molar-refractivity contribution in [3.05, 3.63) is 58.6 Å². The number of fused-ring (bicyclic) bond motifs is 1. The fourth-order valence-corrected chi connectivity index (χ4v) is 3.79. The first kappa shape index (κ1) is 20.7. The third-order valence-corrected chi connectivity index (χ3v) is 5.49. The monoisotopic (exact) mass is 429 g/mol. The van der Waals surface area contributed by atoms with Crippen LogP contribution in [0.4, 0.5) is 5.69 Å². The minimum atomic E-state index is -0.271. The van der Waals surface area contributed by atoms with E-state index in [0.29, 0.717) is 23.0 Å². The third-order valence-electron chi connectivity index (χ3n) is 5.26. The maximum absolute atomic E-state index is 12.6. The van der Waals surface area contributed by atoms with Crippen molar-refractivity contribution in [1.29, 1.82) is 0 Å². The Balaban J connectivity index is 1.39. The summed E-state index contributed by atoms with van der Waals surface area (Å²) >= 11 is 6.06. The summed E-state index contributed by atoms with van der Waals surface area (Å²) in [6.07, 6.45) is 0. The minimum absolute atomic E-state index is 0.0822. The lowest BCUT2D eigenvalue weighted by Gasteiger charge is -2.29. The number of nitrogens with one attached hydrogen (secondary N) is 1. The molecule has 1 saturated heterocycles. The van der Waals surface area contributed by atoms with Crippen molar-refractivity contribution in [2.24, 2.45) is 0 Å². The van der Waals surface area contributed by atoms with Crippen molar-refractivity contribution in [3.8, 4) is 5.75 Å². The molecular formula is C22H24ClN3O4. The van der Waals surface area contributed by atoms with E-state index in [2.05, 4.69) is 16.3 Å². The van der Waals surface area contributed by atoms with E-state index in [9.17, 15) is 9.59 Å². The van der Waals surface area contributed by atoms with Gasteiger partial charge in [-0.2, -0.15) is 0 Å². The fourth-order valence-electron chi connectivity index (χ4n) is 3.63. The molecule has 8 heteroatoms. The van der Waals surface area contributed by atoms with Crippen LogP contribution in [0.15, 0.2) is 42.5 Å². The molecule has 0 aliphatic carbocycles. The summed E-state index contributed by atoms with van der Waals surface area (Å²) in [7, 11) is 0. The standard InChI is InChI=1S/C22H24ClN3O4/c23-18-5-6-20-19(11-18)26(22(28)15-30-20)14-21(27)24-12-16-3-1-2-4-17(16)13-25-7-9-29-10-8-25/h1-6,11H,7-10,12-15H2,(H,24,27). The van der Waals surface area contributed by atoms with Gasteiger partial charge in [0.05, 0.1) is 18.9 Å². The number of ether oxygens (including phenoxy) is 2. The number of carbonyl (C=O) groups excluding carboxylic acids is 2. The Morgan fingerprint density at radius 3 is 2.67 bits per heavy atom. The van der Waals surface area contributed by atoms with Gasteiger partial charge in [-0.1, -0.05) is 35.9 Å². The van der Waals surface area contributed by atoms with Crippen LogP contribution in [-0.2, 0) is 27.4 Å². The quantitative estimate of drug-likeness (QED) is 0.762. The molecular weight excluding hydrogens is 406 g/mol. The first-order valence-corrected chi connectivity index (χ1v) is 10.3. The first-order chi connectivity index (χ1) is 14.6. The van der Waals surface area contributed by atoms with Gasteiger partial charge >= 0.3 is 0 Å². The maximum atomic E-state index is 12.6. The molecule has 1 N–H and O–H groups in total. The van der Waals surface area contributed by atoms with Crippen LogP contribution >= 0.6 is 11.6 Å². The van der Waals surface area contributed by atoms with E-state index in [1.165, 1.54) is 10.5 Å². The maximum Gasteiger partial charge on any atom is 0.265 e. The van der Waals surface area contributed by atoms with E-state index in [-0.39, 0.29) is 25.0 Å². The van der Waals surface area contributed by atoms with Crippen LogP contribution in [0.25, 0.3) is 0 Å². The highest BCUT2D eigenvalue weighted by atomic mass is 35.5. The molecule has 158 valence electrons. The Labute approximate surface area is 180 Å². The minimum Gasteiger partial charge on any atom is -0.482 e. The Morgan fingerprint density at radius 2 is 1.87 bits per heavy atom. The zero-order chi connectivity index (χ0) is 20.9. The Bertz CT molecular complexity index is 930. The molecule has 2 aromatic carbocycles. The van der Waals surface area contributed by atoms with Crippen LogP contribution in [-0.4, -0.2) is 56.2 Å². The van der Waals surface area contributed by atoms with E-state index in [0.717, 1.165) is 38.4 Å². The topological polar surface area (TPSA) is 71.1 Å². The van der Waals surface area contributed by atoms with Crippen LogP contribution in [0.5, 0.6) is 5.75 Å². The average molecular weight is 430 g/mol. The van der Waals surface area contributed by atoms with Crippen LogP contribution in [0, 0.1) is 0 Å². The summed E-state index contributed by atoms with van der Waals surface area (Å²) in [6, 6.07) is 13.1. The summed E-state index contributed by atoms with van der Waals surface area (Å²) in [6.45, 7) is 4.36. The number of halogens is 1. The molecule has 0 atom stereocenters. The normalized spacial score (nSPS) is 16.7. The lowest BCUT2D eigenvalue weighted by molar-refractivity contribution is -0.125. The van der Waals surface area contributed by atoms with Crippen LogP contribution < -0.4 is 15.0 Å². The molecule has 0 unspecified atom stereocenters. The fraction of sp³-hybridized carbons (Fsp3) is 0.364. The summed E-state index contributed by atoms with van der Waals surface area (Å²) < 4.78 is 10.8. The second-order valence-corrected chi connectivity index (χ2v) is 7.75. The van der Waals surface area contributed by atoms with E-state index in [1.54, 1.807) is 18.2 Å². The molecule has 2 heterocycles. The highest BCUT2D eigenvalue weighted by molar-refractivity contribution is 6.31. The SMILES string of the molecule is O=C(CN1C(=O)COc2ccc(Cl)cc21)NCc1ccccc1CN1CCOCC1. The number of benzene rings is 2. The van der Waals surface area contributed by atoms with Gasteiger partial charge in [0, 0.05) is 31.2 Å². The van der Waals surface area contributed by atoms with Gasteiger partial charge in [-0.05, 0) is 29.3 Å². The molecule has 0 radical (unpaired) electrons. The lowest BCUT2D eigenvalue weighted by Crippen LogP contribution is -2.45. The molecule has 2 aliphatic rings. The highest BCUT2D eigenvalue weighted by Gasteiger charge is 2.27. The van der Waals surface area contributed by atoms with Gasteiger partial charge in [-0.25, -0.2) is 0 Å². The molecule has 30 heavy (non-hydrogen) atoms. The van der Waals surface area contributed by atoms with Gasteiger partial charge in [0.1, 0.15) is 12.3 Å². The largest absolute Gasteiger partial charge is 0.482 e. The van der Waals surface area contributed by atoms with Gasteiger partial charge < -0.3 is 14.8 Å². The van der Waals surface area contributed by atoms with Crippen molar-refractivity contribution in [2.75, 3.05) is 44.4 Å². The van der Waals surface area contributed by atoms with Gasteiger partial charge in [0.15, 0.2) is 6.61 Å². The van der Waals surface area contributed by atoms with Gasteiger partial charge in [0.2, 0.25) is 5.91 Å². The van der Waals surface area contributed by atoms with Crippen molar-refractivity contribution < 1.29 is 19.1 Å². The number of hydrogen-bond donors (Lipinski definition) is 1. The molecule has 2 amide bonds. The number of nitrogens with zero attached hydrogens (tertiary/aromatic N) is 2. The summed E-state index contributed by atoms with van der Waals surface area (Å²) in [5, 5.41) is 3.42. The highest BCUT2D eigenvalue weighted by Crippen LogP contribution is 2.34. The second kappa shape index (κ2) is 9.47. The number of carbonyl (C=O) groups is 2. The van der Waals surface area contributed by atoms with Crippen molar-refractivity contribution in [1.82, 2.24) is 10.2 Å². The van der Waals surface area contributed by atoms with Crippen LogP contribution in [0.2, 0.25) is 5.02 Å². The number of hydrogen-bond acceptors (Lipinski definition) is 5. The molecule has 0 saturated carbocycles. The first-order valence-electron chi connectivity index (χ1n) is 9.96. The molecule has 0 bridgehead atoms. The number of morpholine rings is 1. The van der Waals surface area contributed by atoms with Crippen molar-refractivity contribution in [2.45, 2.75) is 13.1 Å². The average Bonchev–Trinajstić information content (AvgIpc) is 2.76. The Morgan fingerprint density at radius 1 is 1.10 bits per heavy atom. The zero-order valence-electron chi connectivity index (χ0n) is 16.6. The zero-order valence-corrected chi connectivity index (χ0v) is 17.4. The molecule has 2 aromatic rings. The van der Waals surface area contributed by atoms with E-state index in [4.69, 9.17) is 21.1 Å². The van der Waals surface area contributed by atoms with E-state index >= 15 is 0 Å². The molecule has 0 aromatic heterocycles. The van der Waals surface area contributed by atoms with Crippen LogP contribution in [0.3, 0.4) is 0 Å².